The Kier molecular flexibility index (Phi) is 5.09. The highest BCUT2D eigenvalue weighted by atomic mass is 19.1. The number of amides is 1. The maximum absolute atomic E-state index is 13.8. The van der Waals surface area contributed by atoms with Gasteiger partial charge >= 0.3 is 6.09 Å². The average Bonchev–Trinajstić information content (AvgIpc) is 2.30. The van der Waals surface area contributed by atoms with Crippen molar-refractivity contribution in [1.82, 2.24) is 0 Å². The summed E-state index contributed by atoms with van der Waals surface area (Å²) in [6.07, 6.45) is -2.02. The van der Waals surface area contributed by atoms with E-state index in [0.29, 0.717) is 12.0 Å². The van der Waals surface area contributed by atoms with Gasteiger partial charge in [0.1, 0.15) is 11.9 Å². The highest BCUT2D eigenvalue weighted by Crippen LogP contribution is 2.29. The van der Waals surface area contributed by atoms with Crippen LogP contribution in [0.3, 0.4) is 0 Å². The minimum atomic E-state index is -0.938. The average molecular weight is 255 g/mol. The third-order valence-corrected chi connectivity index (χ3v) is 2.90. The van der Waals surface area contributed by atoms with E-state index in [1.165, 1.54) is 6.07 Å². The number of halogens is 1. The molecule has 5 heteroatoms. The van der Waals surface area contributed by atoms with Crippen LogP contribution in [0.2, 0.25) is 0 Å². The molecule has 100 valence electrons. The maximum Gasteiger partial charge on any atom is 0.404 e. The molecule has 4 nitrogen and oxygen atoms in total. The standard InChI is InChI=1S/C13H18FNO3/c1-3-11(16)12(8(2)18-13(15)17)9-6-4-5-7-10(9)14/h4-8,11-12,16H,3H2,1-2H3,(H2,15,17). The summed E-state index contributed by atoms with van der Waals surface area (Å²) >= 11 is 0. The summed E-state index contributed by atoms with van der Waals surface area (Å²) < 4.78 is 18.6. The van der Waals surface area contributed by atoms with Crippen molar-refractivity contribution in [2.24, 2.45) is 5.73 Å². The zero-order valence-corrected chi connectivity index (χ0v) is 10.5. The molecule has 0 aliphatic rings. The van der Waals surface area contributed by atoms with Crippen molar-refractivity contribution in [2.75, 3.05) is 0 Å². The van der Waals surface area contributed by atoms with Crippen molar-refractivity contribution in [3.63, 3.8) is 0 Å². The molecule has 0 saturated carbocycles. The Bertz CT molecular complexity index is 411. The molecular weight excluding hydrogens is 237 g/mol. The van der Waals surface area contributed by atoms with Gasteiger partial charge in [-0.25, -0.2) is 9.18 Å². The monoisotopic (exact) mass is 255 g/mol. The lowest BCUT2D eigenvalue weighted by Gasteiger charge is -2.28. The van der Waals surface area contributed by atoms with Crippen LogP contribution in [0.15, 0.2) is 24.3 Å². The molecule has 0 bridgehead atoms. The van der Waals surface area contributed by atoms with Gasteiger partial charge in [-0.1, -0.05) is 25.1 Å². The molecule has 0 aliphatic heterocycles. The molecule has 3 N–H and O–H groups in total. The number of benzene rings is 1. The van der Waals surface area contributed by atoms with E-state index in [-0.39, 0.29) is 0 Å². The summed E-state index contributed by atoms with van der Waals surface area (Å²) in [6, 6.07) is 6.11. The van der Waals surface area contributed by atoms with Gasteiger partial charge in [0.05, 0.1) is 6.10 Å². The fourth-order valence-electron chi connectivity index (χ4n) is 2.03. The van der Waals surface area contributed by atoms with E-state index in [1.807, 2.05) is 0 Å². The zero-order chi connectivity index (χ0) is 13.7. The summed E-state index contributed by atoms with van der Waals surface area (Å²) in [5.74, 6) is -1.07. The van der Waals surface area contributed by atoms with Gasteiger partial charge in [-0.05, 0) is 25.0 Å². The van der Waals surface area contributed by atoms with E-state index >= 15 is 0 Å². The molecular formula is C13H18FNO3. The lowest BCUT2D eigenvalue weighted by Crippen LogP contribution is -2.33. The Morgan fingerprint density at radius 3 is 2.61 bits per heavy atom. The third kappa shape index (κ3) is 3.43. The van der Waals surface area contributed by atoms with Gasteiger partial charge in [0.2, 0.25) is 0 Å². The van der Waals surface area contributed by atoms with Gasteiger partial charge in [-0.15, -0.1) is 0 Å². The fraction of sp³-hybridized carbons (Fsp3) is 0.462. The number of carbonyl (C=O) groups is 1. The first-order valence-electron chi connectivity index (χ1n) is 5.86. The van der Waals surface area contributed by atoms with E-state index in [2.05, 4.69) is 0 Å². The first-order valence-corrected chi connectivity index (χ1v) is 5.86. The van der Waals surface area contributed by atoms with Gasteiger partial charge in [0, 0.05) is 5.92 Å². The van der Waals surface area contributed by atoms with Gasteiger partial charge in [-0.3, -0.25) is 0 Å². The van der Waals surface area contributed by atoms with Gasteiger partial charge in [0.25, 0.3) is 0 Å². The molecule has 3 atom stereocenters. The van der Waals surface area contributed by atoms with Crippen molar-refractivity contribution in [2.45, 2.75) is 38.4 Å². The van der Waals surface area contributed by atoms with Crippen LogP contribution in [-0.2, 0) is 4.74 Å². The quantitative estimate of drug-likeness (QED) is 0.846. The minimum Gasteiger partial charge on any atom is -0.446 e. The number of hydrogen-bond acceptors (Lipinski definition) is 3. The Labute approximate surface area is 106 Å². The van der Waals surface area contributed by atoms with E-state index < -0.39 is 30.0 Å². The molecule has 1 aromatic rings. The molecule has 0 heterocycles. The number of carbonyl (C=O) groups excluding carboxylic acids is 1. The molecule has 0 radical (unpaired) electrons. The number of primary amides is 1. The predicted molar refractivity (Wildman–Crippen MR) is 65.6 cm³/mol. The number of rotatable bonds is 5. The van der Waals surface area contributed by atoms with Gasteiger partial charge in [-0.2, -0.15) is 0 Å². The second-order valence-electron chi connectivity index (χ2n) is 4.16. The lowest BCUT2D eigenvalue weighted by atomic mass is 9.87. The van der Waals surface area contributed by atoms with Crippen LogP contribution in [0.1, 0.15) is 31.7 Å². The second kappa shape index (κ2) is 6.35. The summed E-state index contributed by atoms with van der Waals surface area (Å²) in [5, 5.41) is 9.98. The van der Waals surface area contributed by atoms with Crippen molar-refractivity contribution in [3.05, 3.63) is 35.6 Å². The zero-order valence-electron chi connectivity index (χ0n) is 10.5. The summed E-state index contributed by atoms with van der Waals surface area (Å²) in [6.45, 7) is 3.36. The Morgan fingerprint density at radius 2 is 2.11 bits per heavy atom. The van der Waals surface area contributed by atoms with Crippen molar-refractivity contribution in [1.29, 1.82) is 0 Å². The lowest BCUT2D eigenvalue weighted by molar-refractivity contribution is 0.0426. The minimum absolute atomic E-state index is 0.320. The number of hydrogen-bond donors (Lipinski definition) is 2. The summed E-state index contributed by atoms with van der Waals surface area (Å²) in [5.41, 5.74) is 5.27. The molecule has 1 aromatic carbocycles. The normalized spacial score (nSPS) is 15.8. The van der Waals surface area contributed by atoms with E-state index in [4.69, 9.17) is 10.5 Å². The highest BCUT2D eigenvalue weighted by molar-refractivity contribution is 5.64. The van der Waals surface area contributed by atoms with Crippen LogP contribution in [0.25, 0.3) is 0 Å². The second-order valence-corrected chi connectivity index (χ2v) is 4.16. The topological polar surface area (TPSA) is 72.6 Å². The van der Waals surface area contributed by atoms with Crippen LogP contribution in [0.4, 0.5) is 9.18 Å². The Balaban J connectivity index is 3.05. The number of ether oxygens (including phenoxy) is 1. The molecule has 0 aliphatic carbocycles. The number of aliphatic hydroxyl groups is 1. The molecule has 3 unspecified atom stereocenters. The van der Waals surface area contributed by atoms with Crippen molar-refractivity contribution >= 4 is 6.09 Å². The molecule has 1 rings (SSSR count). The van der Waals surface area contributed by atoms with Crippen molar-refractivity contribution in [3.8, 4) is 0 Å². The molecule has 18 heavy (non-hydrogen) atoms. The van der Waals surface area contributed by atoms with Crippen LogP contribution < -0.4 is 5.73 Å². The summed E-state index contributed by atoms with van der Waals surface area (Å²) in [7, 11) is 0. The molecule has 0 spiro atoms. The Morgan fingerprint density at radius 1 is 1.50 bits per heavy atom. The Hall–Kier alpha value is -1.62. The maximum atomic E-state index is 13.8. The van der Waals surface area contributed by atoms with Crippen LogP contribution >= 0.6 is 0 Å². The summed E-state index contributed by atoms with van der Waals surface area (Å²) in [4.78, 5) is 10.8. The largest absolute Gasteiger partial charge is 0.446 e. The highest BCUT2D eigenvalue weighted by Gasteiger charge is 2.30. The van der Waals surface area contributed by atoms with Crippen molar-refractivity contribution < 1.29 is 19.0 Å². The molecule has 0 fully saturated rings. The third-order valence-electron chi connectivity index (χ3n) is 2.90. The molecule has 0 aromatic heterocycles. The number of nitrogens with two attached hydrogens (primary N) is 1. The van der Waals surface area contributed by atoms with Crippen LogP contribution in [0, 0.1) is 5.82 Å². The molecule has 1 amide bonds. The SMILES string of the molecule is CCC(O)C(c1ccccc1F)C(C)OC(N)=O. The van der Waals surface area contributed by atoms with E-state index in [1.54, 1.807) is 32.0 Å². The predicted octanol–water partition coefficient (Wildman–Crippen LogP) is 2.16. The van der Waals surface area contributed by atoms with E-state index in [0.717, 1.165) is 0 Å². The van der Waals surface area contributed by atoms with E-state index in [9.17, 15) is 14.3 Å². The smallest absolute Gasteiger partial charge is 0.404 e. The van der Waals surface area contributed by atoms with Gasteiger partial charge in [0.15, 0.2) is 0 Å². The fourth-order valence-corrected chi connectivity index (χ4v) is 2.03. The number of aliphatic hydroxyl groups excluding tert-OH is 1. The molecule has 0 saturated heterocycles. The van der Waals surface area contributed by atoms with Gasteiger partial charge < -0.3 is 15.6 Å². The van der Waals surface area contributed by atoms with Crippen LogP contribution in [0.5, 0.6) is 0 Å². The first kappa shape index (κ1) is 14.4. The van der Waals surface area contributed by atoms with Crippen LogP contribution in [-0.4, -0.2) is 23.4 Å². The first-order chi connectivity index (χ1) is 8.47.